The fourth-order valence-corrected chi connectivity index (χ4v) is 1.64. The van der Waals surface area contributed by atoms with Crippen LogP contribution >= 0.6 is 0 Å². The summed E-state index contributed by atoms with van der Waals surface area (Å²) in [4.78, 5) is 16.3. The molecule has 1 aromatic heterocycles. The van der Waals surface area contributed by atoms with Gasteiger partial charge in [-0.05, 0) is 23.2 Å². The molecule has 6 heteroatoms. The molecule has 1 aromatic carbocycles. The maximum Gasteiger partial charge on any atom is 0.352 e. The molecule has 2 N–H and O–H groups in total. The zero-order valence-corrected chi connectivity index (χ0v) is 9.37. The molecule has 2 rings (SSSR count). The summed E-state index contributed by atoms with van der Waals surface area (Å²) in [5, 5.41) is 13.1. The van der Waals surface area contributed by atoms with Gasteiger partial charge < -0.3 is 10.1 Å². The van der Waals surface area contributed by atoms with Gasteiger partial charge in [0.1, 0.15) is 5.69 Å². The molecule has 0 saturated carbocycles. The molecule has 0 radical (unpaired) electrons. The van der Waals surface area contributed by atoms with Gasteiger partial charge in [-0.3, -0.25) is 0 Å². The summed E-state index contributed by atoms with van der Waals surface area (Å²) in [6.45, 7) is 0.291. The molecule has 0 aliphatic carbocycles. The van der Waals surface area contributed by atoms with Gasteiger partial charge in [-0.15, -0.1) is 0 Å². The molecule has 1 heterocycles. The summed E-state index contributed by atoms with van der Waals surface area (Å²) in [6, 6.07) is 7.14. The molecule has 0 spiro atoms. The van der Waals surface area contributed by atoms with E-state index in [2.05, 4.69) is 15.0 Å². The van der Waals surface area contributed by atoms with E-state index in [9.17, 15) is 4.79 Å². The lowest BCUT2D eigenvalue weighted by Crippen LogP contribution is -1.94. The number of aromatic carboxylic acids is 1. The summed E-state index contributed by atoms with van der Waals surface area (Å²) in [6.07, 6.45) is 3.55. The van der Waals surface area contributed by atoms with Gasteiger partial charge >= 0.3 is 5.97 Å². The Kier molecular flexibility index (Phi) is 3.31. The van der Waals surface area contributed by atoms with Crippen molar-refractivity contribution in [2.45, 2.75) is 0 Å². The smallest absolute Gasteiger partial charge is 0.352 e. The van der Waals surface area contributed by atoms with Crippen LogP contribution < -0.4 is 0 Å². The molecule has 0 unspecified atom stereocenters. The number of benzene rings is 1. The number of aromatic nitrogens is 1. The first-order valence-electron chi connectivity index (χ1n) is 5.24. The van der Waals surface area contributed by atoms with Gasteiger partial charge in [0, 0.05) is 22.4 Å². The van der Waals surface area contributed by atoms with Crippen molar-refractivity contribution >= 4 is 22.9 Å². The van der Waals surface area contributed by atoms with Crippen LogP contribution in [0.25, 0.3) is 27.4 Å². The van der Waals surface area contributed by atoms with Crippen LogP contribution in [0.1, 0.15) is 16.1 Å². The second kappa shape index (κ2) is 5.07. The number of azide groups is 1. The standard InChI is InChI=1S/C12H10N4O2/c13-16-14-5-1-2-8-3-4-9-7-11(12(17)18)15-10(9)6-8/h1-4,6-7,15H,5H2,(H,17,18). The quantitative estimate of drug-likeness (QED) is 0.488. The van der Waals surface area contributed by atoms with Crippen molar-refractivity contribution in [3.05, 3.63) is 52.0 Å². The Labute approximate surface area is 102 Å². The van der Waals surface area contributed by atoms with E-state index < -0.39 is 5.97 Å². The maximum absolute atomic E-state index is 10.8. The van der Waals surface area contributed by atoms with Crippen LogP contribution in [0.15, 0.2) is 35.5 Å². The van der Waals surface area contributed by atoms with E-state index in [1.807, 2.05) is 24.3 Å². The van der Waals surface area contributed by atoms with Gasteiger partial charge in [-0.25, -0.2) is 4.79 Å². The van der Waals surface area contributed by atoms with E-state index in [0.29, 0.717) is 6.54 Å². The van der Waals surface area contributed by atoms with Crippen molar-refractivity contribution in [3.63, 3.8) is 0 Å². The summed E-state index contributed by atoms with van der Waals surface area (Å²) >= 11 is 0. The number of carboxylic acid groups (broad SMARTS) is 1. The Morgan fingerprint density at radius 2 is 2.33 bits per heavy atom. The Hall–Kier alpha value is -2.72. The van der Waals surface area contributed by atoms with Crippen molar-refractivity contribution in [2.24, 2.45) is 5.11 Å². The van der Waals surface area contributed by atoms with Crippen molar-refractivity contribution < 1.29 is 9.90 Å². The maximum atomic E-state index is 10.8. The fraction of sp³-hybridized carbons (Fsp3) is 0.0833. The monoisotopic (exact) mass is 242 g/mol. The van der Waals surface area contributed by atoms with Crippen LogP contribution in [-0.2, 0) is 0 Å². The highest BCUT2D eigenvalue weighted by molar-refractivity contribution is 5.94. The Balaban J connectivity index is 2.29. The predicted molar refractivity (Wildman–Crippen MR) is 68.3 cm³/mol. The second-order valence-electron chi connectivity index (χ2n) is 3.65. The SMILES string of the molecule is [N-]=[N+]=NCC=Cc1ccc2cc(C(=O)O)[nH]c2c1. The topological polar surface area (TPSA) is 102 Å². The molecule has 0 amide bonds. The molecule has 0 aliphatic heterocycles. The van der Waals surface area contributed by atoms with Crippen LogP contribution in [-0.4, -0.2) is 22.6 Å². The number of H-pyrrole nitrogens is 1. The highest BCUT2D eigenvalue weighted by Gasteiger charge is 2.06. The normalized spacial score (nSPS) is 10.7. The van der Waals surface area contributed by atoms with Gasteiger partial charge in [0.2, 0.25) is 0 Å². The summed E-state index contributed by atoms with van der Waals surface area (Å²) in [5.74, 6) is -0.980. The fourth-order valence-electron chi connectivity index (χ4n) is 1.64. The molecule has 0 saturated heterocycles. The van der Waals surface area contributed by atoms with Crippen LogP contribution in [0.5, 0.6) is 0 Å². The number of nitrogens with zero attached hydrogens (tertiary/aromatic N) is 3. The van der Waals surface area contributed by atoms with E-state index in [1.54, 1.807) is 12.1 Å². The number of fused-ring (bicyclic) bond motifs is 1. The molecular formula is C12H10N4O2. The van der Waals surface area contributed by atoms with E-state index in [4.69, 9.17) is 10.6 Å². The number of nitrogens with one attached hydrogen (secondary N) is 1. The number of carbonyl (C=O) groups is 1. The summed E-state index contributed by atoms with van der Waals surface area (Å²) in [5.41, 5.74) is 9.96. The molecule has 0 bridgehead atoms. The van der Waals surface area contributed by atoms with E-state index >= 15 is 0 Å². The van der Waals surface area contributed by atoms with E-state index in [-0.39, 0.29) is 5.69 Å². The zero-order valence-electron chi connectivity index (χ0n) is 9.37. The van der Waals surface area contributed by atoms with Gasteiger partial charge in [0.25, 0.3) is 0 Å². The number of carboxylic acids is 1. The Morgan fingerprint density at radius 1 is 1.50 bits per heavy atom. The second-order valence-corrected chi connectivity index (χ2v) is 3.65. The number of rotatable bonds is 4. The lowest BCUT2D eigenvalue weighted by atomic mass is 10.1. The van der Waals surface area contributed by atoms with Crippen molar-refractivity contribution in [1.82, 2.24) is 4.98 Å². The highest BCUT2D eigenvalue weighted by Crippen LogP contribution is 2.18. The third-order valence-electron chi connectivity index (χ3n) is 2.44. The molecule has 90 valence electrons. The molecule has 0 aliphatic rings. The molecule has 0 atom stereocenters. The Bertz CT molecular complexity index is 666. The first-order chi connectivity index (χ1) is 8.70. The van der Waals surface area contributed by atoms with Crippen molar-refractivity contribution in [3.8, 4) is 0 Å². The molecular weight excluding hydrogens is 232 g/mol. The van der Waals surface area contributed by atoms with Gasteiger partial charge in [-0.2, -0.15) is 0 Å². The van der Waals surface area contributed by atoms with Crippen LogP contribution in [0.3, 0.4) is 0 Å². The number of aromatic amines is 1. The molecule has 0 fully saturated rings. The molecule has 6 nitrogen and oxygen atoms in total. The van der Waals surface area contributed by atoms with Gasteiger partial charge in [0.15, 0.2) is 0 Å². The summed E-state index contributed by atoms with van der Waals surface area (Å²) < 4.78 is 0. The first kappa shape index (κ1) is 11.8. The lowest BCUT2D eigenvalue weighted by molar-refractivity contribution is 0.0691. The first-order valence-corrected chi connectivity index (χ1v) is 5.24. The third-order valence-corrected chi connectivity index (χ3v) is 2.44. The molecule has 18 heavy (non-hydrogen) atoms. The zero-order chi connectivity index (χ0) is 13.0. The average molecular weight is 242 g/mol. The van der Waals surface area contributed by atoms with Crippen molar-refractivity contribution in [1.29, 1.82) is 0 Å². The van der Waals surface area contributed by atoms with Gasteiger partial charge in [-0.1, -0.05) is 29.4 Å². The average Bonchev–Trinajstić information content (AvgIpc) is 2.78. The van der Waals surface area contributed by atoms with Gasteiger partial charge in [0.05, 0.1) is 0 Å². The largest absolute Gasteiger partial charge is 0.477 e. The molecule has 2 aromatic rings. The van der Waals surface area contributed by atoms with Crippen molar-refractivity contribution in [2.75, 3.05) is 6.54 Å². The van der Waals surface area contributed by atoms with Crippen LogP contribution in [0, 0.1) is 0 Å². The lowest BCUT2D eigenvalue weighted by Gasteiger charge is -1.93. The number of hydrogen-bond acceptors (Lipinski definition) is 2. The summed E-state index contributed by atoms with van der Waals surface area (Å²) in [7, 11) is 0. The highest BCUT2D eigenvalue weighted by atomic mass is 16.4. The van der Waals surface area contributed by atoms with E-state index in [0.717, 1.165) is 16.5 Å². The minimum atomic E-state index is -0.980. The number of hydrogen-bond donors (Lipinski definition) is 2. The third kappa shape index (κ3) is 2.50. The predicted octanol–water partition coefficient (Wildman–Crippen LogP) is 3.19. The van der Waals surface area contributed by atoms with Crippen LogP contribution in [0.4, 0.5) is 0 Å². The Morgan fingerprint density at radius 3 is 3.06 bits per heavy atom. The van der Waals surface area contributed by atoms with E-state index in [1.165, 1.54) is 0 Å². The minimum absolute atomic E-state index is 0.167. The minimum Gasteiger partial charge on any atom is -0.477 e. The van der Waals surface area contributed by atoms with Crippen LogP contribution in [0.2, 0.25) is 0 Å².